The average molecular weight is 246 g/mol. The molecule has 0 unspecified atom stereocenters. The third kappa shape index (κ3) is 3.92. The molecule has 0 aliphatic carbocycles. The summed E-state index contributed by atoms with van der Waals surface area (Å²) in [6.07, 6.45) is 0.846. The van der Waals surface area contributed by atoms with Gasteiger partial charge in [0, 0.05) is 6.54 Å². The van der Waals surface area contributed by atoms with Gasteiger partial charge in [-0.05, 0) is 29.5 Å². The summed E-state index contributed by atoms with van der Waals surface area (Å²) in [5.41, 5.74) is 1.23. The van der Waals surface area contributed by atoms with E-state index < -0.39 is 0 Å². The van der Waals surface area contributed by atoms with Gasteiger partial charge >= 0.3 is 6.03 Å². The van der Waals surface area contributed by atoms with E-state index in [1.807, 2.05) is 35.7 Å². The molecule has 0 radical (unpaired) electrons. The third-order valence-electron chi connectivity index (χ3n) is 2.30. The minimum absolute atomic E-state index is 0.150. The van der Waals surface area contributed by atoms with Gasteiger partial charge < -0.3 is 5.32 Å². The lowest BCUT2D eigenvalue weighted by Gasteiger charge is -2.05. The van der Waals surface area contributed by atoms with Gasteiger partial charge in [0.15, 0.2) is 0 Å². The molecule has 88 valence electrons. The van der Waals surface area contributed by atoms with E-state index in [-0.39, 0.29) is 6.03 Å². The van der Waals surface area contributed by atoms with Crippen LogP contribution in [0.5, 0.6) is 0 Å². The molecule has 0 spiro atoms. The van der Waals surface area contributed by atoms with Gasteiger partial charge in [-0.3, -0.25) is 5.32 Å². The van der Waals surface area contributed by atoms with Crippen molar-refractivity contribution in [2.24, 2.45) is 0 Å². The smallest absolute Gasteiger partial charge is 0.319 e. The summed E-state index contributed by atoms with van der Waals surface area (Å²) in [6, 6.07) is 13.7. The second-order valence-electron chi connectivity index (χ2n) is 3.59. The van der Waals surface area contributed by atoms with E-state index >= 15 is 0 Å². The predicted octanol–water partition coefficient (Wildman–Crippen LogP) is 3.11. The summed E-state index contributed by atoms with van der Waals surface area (Å²) >= 11 is 1.51. The number of hydrogen-bond donors (Lipinski definition) is 2. The van der Waals surface area contributed by atoms with Crippen LogP contribution in [0.2, 0.25) is 0 Å². The molecule has 1 aromatic carbocycles. The van der Waals surface area contributed by atoms with Gasteiger partial charge in [-0.25, -0.2) is 4.79 Å². The average Bonchev–Trinajstić information content (AvgIpc) is 2.83. The van der Waals surface area contributed by atoms with E-state index in [9.17, 15) is 4.79 Å². The van der Waals surface area contributed by atoms with Gasteiger partial charge in [0.2, 0.25) is 0 Å². The lowest BCUT2D eigenvalue weighted by Crippen LogP contribution is -2.30. The molecule has 0 saturated heterocycles. The molecule has 2 aromatic rings. The van der Waals surface area contributed by atoms with Crippen LogP contribution in [0.3, 0.4) is 0 Å². The van der Waals surface area contributed by atoms with E-state index in [1.165, 1.54) is 16.9 Å². The molecule has 0 saturated carbocycles. The maximum Gasteiger partial charge on any atom is 0.319 e. The highest BCUT2D eigenvalue weighted by molar-refractivity contribution is 7.14. The number of thiophene rings is 1. The van der Waals surface area contributed by atoms with E-state index in [0.29, 0.717) is 6.54 Å². The number of nitrogens with one attached hydrogen (secondary N) is 2. The van der Waals surface area contributed by atoms with Crippen LogP contribution in [0, 0.1) is 0 Å². The van der Waals surface area contributed by atoms with Crippen molar-refractivity contribution < 1.29 is 4.79 Å². The summed E-state index contributed by atoms with van der Waals surface area (Å²) in [6.45, 7) is 0.640. The van der Waals surface area contributed by atoms with Gasteiger partial charge in [-0.1, -0.05) is 30.3 Å². The van der Waals surface area contributed by atoms with Crippen molar-refractivity contribution >= 4 is 22.4 Å². The van der Waals surface area contributed by atoms with E-state index in [0.717, 1.165) is 11.4 Å². The van der Waals surface area contributed by atoms with Crippen molar-refractivity contribution in [2.75, 3.05) is 11.9 Å². The molecule has 0 aliphatic heterocycles. The molecular weight excluding hydrogens is 232 g/mol. The van der Waals surface area contributed by atoms with Gasteiger partial charge in [-0.2, -0.15) is 0 Å². The quantitative estimate of drug-likeness (QED) is 0.855. The van der Waals surface area contributed by atoms with Crippen LogP contribution in [0.1, 0.15) is 5.56 Å². The van der Waals surface area contributed by atoms with Gasteiger partial charge in [-0.15, -0.1) is 11.3 Å². The number of urea groups is 1. The molecule has 0 aliphatic rings. The van der Waals surface area contributed by atoms with Crippen molar-refractivity contribution in [1.82, 2.24) is 5.32 Å². The zero-order chi connectivity index (χ0) is 11.9. The number of anilines is 1. The number of carbonyl (C=O) groups is 1. The maximum atomic E-state index is 11.5. The summed E-state index contributed by atoms with van der Waals surface area (Å²) < 4.78 is 0. The molecular formula is C13H14N2OS. The second-order valence-corrected chi connectivity index (χ2v) is 4.54. The number of rotatable bonds is 4. The minimum atomic E-state index is -0.150. The number of amides is 2. The first-order valence-electron chi connectivity index (χ1n) is 5.47. The van der Waals surface area contributed by atoms with Crippen molar-refractivity contribution in [3.8, 4) is 0 Å². The van der Waals surface area contributed by atoms with Crippen LogP contribution in [0.25, 0.3) is 0 Å². The zero-order valence-corrected chi connectivity index (χ0v) is 10.2. The van der Waals surface area contributed by atoms with Crippen molar-refractivity contribution in [1.29, 1.82) is 0 Å². The monoisotopic (exact) mass is 246 g/mol. The Bertz CT molecular complexity index is 454. The highest BCUT2D eigenvalue weighted by atomic mass is 32.1. The summed E-state index contributed by atoms with van der Waals surface area (Å²) in [5, 5.41) is 8.40. The Morgan fingerprint density at radius 1 is 1.12 bits per heavy atom. The molecule has 1 aromatic heterocycles. The fraction of sp³-hybridized carbons (Fsp3) is 0.154. The Hall–Kier alpha value is -1.81. The second kappa shape index (κ2) is 6.06. The van der Waals surface area contributed by atoms with Crippen LogP contribution < -0.4 is 10.6 Å². The molecule has 4 heteroatoms. The summed E-state index contributed by atoms with van der Waals surface area (Å²) in [5.74, 6) is 0. The molecule has 0 bridgehead atoms. The Balaban J connectivity index is 1.70. The Kier molecular flexibility index (Phi) is 4.16. The van der Waals surface area contributed by atoms with Crippen LogP contribution in [0.15, 0.2) is 47.8 Å². The number of benzene rings is 1. The lowest BCUT2D eigenvalue weighted by atomic mass is 10.1. The standard InChI is InChI=1S/C13H14N2OS/c16-13(15-12-7-4-10-17-12)14-9-8-11-5-2-1-3-6-11/h1-7,10H,8-9H2,(H2,14,15,16). The first-order valence-corrected chi connectivity index (χ1v) is 6.35. The Morgan fingerprint density at radius 3 is 2.65 bits per heavy atom. The van der Waals surface area contributed by atoms with E-state index in [2.05, 4.69) is 22.8 Å². The van der Waals surface area contributed by atoms with Crippen molar-refractivity contribution in [3.63, 3.8) is 0 Å². The molecule has 0 fully saturated rings. The van der Waals surface area contributed by atoms with Crippen molar-refractivity contribution in [2.45, 2.75) is 6.42 Å². The molecule has 17 heavy (non-hydrogen) atoms. The fourth-order valence-corrected chi connectivity index (χ4v) is 2.08. The molecule has 2 N–H and O–H groups in total. The Labute approximate surface area is 104 Å². The SMILES string of the molecule is O=C(NCCc1ccccc1)Nc1cccs1. The van der Waals surface area contributed by atoms with E-state index in [4.69, 9.17) is 0 Å². The zero-order valence-electron chi connectivity index (χ0n) is 9.35. The van der Waals surface area contributed by atoms with E-state index in [1.54, 1.807) is 0 Å². The Morgan fingerprint density at radius 2 is 1.94 bits per heavy atom. The van der Waals surface area contributed by atoms with Crippen LogP contribution >= 0.6 is 11.3 Å². The summed E-state index contributed by atoms with van der Waals surface area (Å²) in [7, 11) is 0. The highest BCUT2D eigenvalue weighted by Gasteiger charge is 2.01. The predicted molar refractivity (Wildman–Crippen MR) is 71.5 cm³/mol. The molecule has 2 rings (SSSR count). The molecule has 2 amide bonds. The molecule has 3 nitrogen and oxygen atoms in total. The molecule has 0 atom stereocenters. The fourth-order valence-electron chi connectivity index (χ4n) is 1.47. The maximum absolute atomic E-state index is 11.5. The third-order valence-corrected chi connectivity index (χ3v) is 3.09. The van der Waals surface area contributed by atoms with Crippen molar-refractivity contribution in [3.05, 3.63) is 53.4 Å². The van der Waals surface area contributed by atoms with Crippen LogP contribution in [-0.4, -0.2) is 12.6 Å². The first-order chi connectivity index (χ1) is 8.34. The number of hydrogen-bond acceptors (Lipinski definition) is 2. The summed E-state index contributed by atoms with van der Waals surface area (Å²) in [4.78, 5) is 11.5. The first kappa shape index (κ1) is 11.7. The number of carbonyl (C=O) groups excluding carboxylic acids is 1. The van der Waals surface area contributed by atoms with Gasteiger partial charge in [0.1, 0.15) is 0 Å². The minimum Gasteiger partial charge on any atom is -0.338 e. The highest BCUT2D eigenvalue weighted by Crippen LogP contribution is 2.14. The van der Waals surface area contributed by atoms with Gasteiger partial charge in [0.05, 0.1) is 5.00 Å². The topological polar surface area (TPSA) is 41.1 Å². The largest absolute Gasteiger partial charge is 0.338 e. The van der Waals surface area contributed by atoms with Crippen LogP contribution in [-0.2, 0) is 6.42 Å². The molecule has 1 heterocycles. The lowest BCUT2D eigenvalue weighted by molar-refractivity contribution is 0.252. The normalized spacial score (nSPS) is 9.88. The van der Waals surface area contributed by atoms with Crippen LogP contribution in [0.4, 0.5) is 9.80 Å². The van der Waals surface area contributed by atoms with Gasteiger partial charge in [0.25, 0.3) is 0 Å².